The second-order valence-electron chi connectivity index (χ2n) is 29.9. The molecule has 0 saturated carbocycles. The number of aryl methyl sites for hydroxylation is 3. The van der Waals surface area contributed by atoms with Crippen molar-refractivity contribution in [1.29, 1.82) is 0 Å². The van der Waals surface area contributed by atoms with Crippen LogP contribution >= 0.6 is 101 Å². The molecule has 4 atom stereocenters. The molecule has 4 unspecified atom stereocenters. The summed E-state index contributed by atoms with van der Waals surface area (Å²) in [6.07, 6.45) is 55.8. The van der Waals surface area contributed by atoms with Gasteiger partial charge in [0.05, 0.1) is 76.9 Å². The van der Waals surface area contributed by atoms with Crippen LogP contribution in [0.4, 0.5) is 28.9 Å². The summed E-state index contributed by atoms with van der Waals surface area (Å²) in [5.41, 5.74) is 9.91. The Morgan fingerprint density at radius 2 is 0.809 bits per heavy atom. The fourth-order valence-electron chi connectivity index (χ4n) is 15.3. The highest BCUT2D eigenvalue weighted by molar-refractivity contribution is 9.11. The predicted octanol–water partition coefficient (Wildman–Crippen LogP) is 31.8. The first-order valence-electron chi connectivity index (χ1n) is 41.3. The number of allylic oxidation sites excluding steroid dienone is 7. The Morgan fingerprint density at radius 1 is 0.417 bits per heavy atom. The lowest BCUT2D eigenvalue weighted by Gasteiger charge is -2.42. The van der Waals surface area contributed by atoms with Gasteiger partial charge >= 0.3 is 0 Å². The normalized spacial score (nSPS) is 16.1. The monoisotopic (exact) mass is 1790 g/mol. The van der Waals surface area contributed by atoms with Crippen LogP contribution in [0, 0.1) is 30.2 Å². The van der Waals surface area contributed by atoms with Crippen molar-refractivity contribution in [1.82, 2.24) is 30.0 Å². The van der Waals surface area contributed by atoms with Gasteiger partial charge < -0.3 is 9.80 Å². The maximum absolute atomic E-state index is 16.3. The molecule has 20 heteroatoms. The van der Waals surface area contributed by atoms with Crippen molar-refractivity contribution in [3.63, 3.8) is 0 Å². The van der Waals surface area contributed by atoms with Crippen LogP contribution in [0.2, 0.25) is 0 Å². The molecule has 4 aliphatic rings. The fourth-order valence-corrected chi connectivity index (χ4v) is 22.8. The smallest absolute Gasteiger partial charge is 0.170 e. The summed E-state index contributed by atoms with van der Waals surface area (Å²) < 4.78 is 65.1. The van der Waals surface area contributed by atoms with Crippen molar-refractivity contribution in [2.24, 2.45) is 0 Å². The van der Waals surface area contributed by atoms with Crippen LogP contribution in [0.25, 0.3) is 82.1 Å². The van der Waals surface area contributed by atoms with Crippen molar-refractivity contribution in [3.8, 4) is 41.8 Å². The number of halogens is 6. The van der Waals surface area contributed by atoms with Crippen LogP contribution in [0.3, 0.4) is 0 Å². The fraction of sp³-hybridized carbons (Fsp3) is 0.411. The second-order valence-corrected chi connectivity index (χ2v) is 39.7. The van der Waals surface area contributed by atoms with Crippen molar-refractivity contribution < 1.29 is 17.6 Å². The van der Waals surface area contributed by atoms with E-state index in [0.29, 0.717) is 72.0 Å². The Bertz CT molecular complexity index is 5000. The topological polar surface area (TPSA) is 67.9 Å². The minimum atomic E-state index is -0.877. The quantitative estimate of drug-likeness (QED) is 0.0282. The number of hydrogen-bond donors (Lipinski definition) is 0. The van der Waals surface area contributed by atoms with Gasteiger partial charge in [-0.1, -0.05) is 256 Å². The molecule has 0 fully saturated rings. The average molecular weight is 1790 g/mol. The lowest BCUT2D eigenvalue weighted by Crippen LogP contribution is -2.45. The number of rotatable bonds is 37. The van der Waals surface area contributed by atoms with E-state index in [4.69, 9.17) is 10.2 Å². The maximum atomic E-state index is 16.3. The summed E-state index contributed by atoms with van der Waals surface area (Å²) >= 11 is 16.4. The molecular weight excluding hydrogens is 1680 g/mol. The van der Waals surface area contributed by atoms with Gasteiger partial charge in [-0.05, 0) is 173 Å². The largest absolute Gasteiger partial charge is 0.363 e. The van der Waals surface area contributed by atoms with Gasteiger partial charge in [0, 0.05) is 52.1 Å². The second kappa shape index (κ2) is 44.4. The number of anilines is 2. The van der Waals surface area contributed by atoms with E-state index in [1.165, 1.54) is 199 Å². The predicted molar refractivity (Wildman–Crippen MR) is 501 cm³/mol. The molecule has 2 aliphatic carbocycles. The van der Waals surface area contributed by atoms with Gasteiger partial charge in [0.25, 0.3) is 0 Å². The van der Waals surface area contributed by atoms with Crippen LogP contribution < -0.4 is 9.80 Å². The first kappa shape index (κ1) is 89.2. The molecule has 0 bridgehead atoms. The maximum Gasteiger partial charge on any atom is 0.170 e. The van der Waals surface area contributed by atoms with E-state index in [1.807, 2.05) is 79.0 Å². The van der Waals surface area contributed by atoms with Gasteiger partial charge in [-0.25, -0.2) is 17.6 Å². The van der Waals surface area contributed by atoms with Crippen LogP contribution in [-0.4, -0.2) is 65.7 Å². The number of unbranched alkanes of at least 4 members (excludes halogenated alkanes) is 20. The lowest BCUT2D eigenvalue weighted by molar-refractivity contribution is 0.483. The van der Waals surface area contributed by atoms with Gasteiger partial charge in [0.15, 0.2) is 23.3 Å². The summed E-state index contributed by atoms with van der Waals surface area (Å²) in [7, 11) is 0. The molecule has 8 heterocycles. The van der Waals surface area contributed by atoms with Crippen LogP contribution in [0.15, 0.2) is 181 Å². The summed E-state index contributed by atoms with van der Waals surface area (Å²) in [6.45, 7) is 24.2. The molecule has 6 aromatic heterocycles. The molecule has 0 amide bonds. The van der Waals surface area contributed by atoms with Crippen molar-refractivity contribution in [2.75, 3.05) is 22.9 Å². The molecule has 14 rings (SSSR count). The molecule has 115 heavy (non-hydrogen) atoms. The van der Waals surface area contributed by atoms with Gasteiger partial charge in [-0.2, -0.15) is 30.0 Å². The van der Waals surface area contributed by atoms with Gasteiger partial charge in [-0.3, -0.25) is 0 Å². The Balaban J connectivity index is 0.000000190. The van der Waals surface area contributed by atoms with Gasteiger partial charge in [0.2, 0.25) is 0 Å². The number of hydrogen-bond acceptors (Lipinski definition) is 12. The van der Waals surface area contributed by atoms with E-state index in [0.717, 1.165) is 74.5 Å². The zero-order valence-electron chi connectivity index (χ0n) is 66.8. The number of nitrogens with zero attached hydrogens (tertiary/aromatic N) is 8. The van der Waals surface area contributed by atoms with E-state index in [9.17, 15) is 0 Å². The molecule has 2 aliphatic heterocycles. The molecule has 0 spiro atoms. The number of benzene rings is 4. The molecule has 0 saturated heterocycles. The molecule has 610 valence electrons. The SMILES string of the molecule is C.C/C=C/c1ccc2c(c1)SC1C=C(/C=C/c3ccc(-c4c(F)c(F)c(-c5ccc(C)s5)c5nn(CCCCCCCCCCCC)nc45)s3)C=CC1N2CCCC.C=CC1=CC2Sc3cc(C=C)ccc3N(CCCC)C2C=C1.CCCCCCCCCCCCn1nc2c(-c3ccc(Br)s3)c(F)c(F)c(-c3ccc(Br)s3)c2n1. The highest BCUT2D eigenvalue weighted by atomic mass is 79.9. The Labute approximate surface area is 722 Å². The number of fused-ring (bicyclic) bond motifs is 6. The minimum absolute atomic E-state index is 0. The third kappa shape index (κ3) is 22.7. The minimum Gasteiger partial charge on any atom is -0.363 e. The van der Waals surface area contributed by atoms with Crippen molar-refractivity contribution >= 4 is 152 Å². The molecule has 0 radical (unpaired) electrons. The Morgan fingerprint density at radius 3 is 1.22 bits per heavy atom. The van der Waals surface area contributed by atoms with Gasteiger partial charge in [0.1, 0.15) is 22.1 Å². The lowest BCUT2D eigenvalue weighted by atomic mass is 9.98. The zero-order valence-corrected chi connectivity index (χ0v) is 74.9. The third-order valence-electron chi connectivity index (χ3n) is 21.4. The molecular formula is C95H112Br2F4N8S6. The number of aromatic nitrogens is 6. The molecule has 4 aromatic carbocycles. The Kier molecular flexibility index (Phi) is 34.5. The van der Waals surface area contributed by atoms with E-state index in [2.05, 4.69) is 197 Å². The molecule has 10 aromatic rings. The first-order chi connectivity index (χ1) is 55.6. The van der Waals surface area contributed by atoms with E-state index in [-0.39, 0.29) is 34.9 Å². The van der Waals surface area contributed by atoms with Gasteiger partial charge in [-0.15, -0.1) is 68.9 Å². The zero-order chi connectivity index (χ0) is 80.0. The van der Waals surface area contributed by atoms with Crippen LogP contribution in [-0.2, 0) is 13.1 Å². The van der Waals surface area contributed by atoms with E-state index >= 15 is 17.6 Å². The summed E-state index contributed by atoms with van der Waals surface area (Å²) in [5.74, 6) is -3.48. The highest BCUT2D eigenvalue weighted by Crippen LogP contribution is 2.50. The van der Waals surface area contributed by atoms with Crippen LogP contribution in [0.5, 0.6) is 0 Å². The van der Waals surface area contributed by atoms with E-state index in [1.54, 1.807) is 21.7 Å². The third-order valence-corrected chi connectivity index (χ3v) is 29.3. The standard InChI is InChI=1S/C48H56F2N4S3.C26H29Br2F2N3S2.C20H23NS.CH4/c1-5-8-10-11-12-13-14-15-16-17-30-54-51-47-43(39-27-19-33(4)55-39)45(49)46(50)44(48(47)52-54)40-28-24-36(56-40)23-20-35-22-26-38-42(32-35)57-41-31-34(18-7-3)21-25-37(41)53(38)29-9-6-2;1-2-3-4-5-6-7-8-9-10-11-16-33-31-25-21(17-12-14-19(27)34-17)23(29)24(30)22(26(25)32-33)18-13-15-20(28)35-18;1-4-7-12-21-17-10-8-15(5-2)13-19(17)22-20-14-16(6-3)9-11-18(20)21;/h7,18-28,31-32,38,42H,5-6,8-17,29-30H2,1-4H3;12-15H,2-11,16H2,1H3;5-6,8-11,13-14,17,19H,2-4,7,12H2,1H3;1H4/b18-7+,23-20+;;;. The average Bonchev–Trinajstić information content (AvgIpc) is 1.48. The van der Waals surface area contributed by atoms with Crippen LogP contribution in [0.1, 0.15) is 217 Å². The van der Waals surface area contributed by atoms with Crippen molar-refractivity contribution in [3.05, 3.63) is 216 Å². The summed E-state index contributed by atoms with van der Waals surface area (Å²) in [6, 6.07) is 29.2. The Hall–Kier alpha value is -6.62. The number of thioether (sulfide) groups is 2. The first-order valence-corrected chi connectivity index (χ1v) is 48.0. The summed E-state index contributed by atoms with van der Waals surface area (Å²) in [4.78, 5) is 15.7. The van der Waals surface area contributed by atoms with Crippen molar-refractivity contribution in [2.45, 2.75) is 249 Å². The highest BCUT2D eigenvalue weighted by Gasteiger charge is 2.36. The number of thiophene rings is 4. The van der Waals surface area contributed by atoms with E-state index < -0.39 is 23.3 Å². The molecule has 8 nitrogen and oxygen atoms in total. The molecule has 0 N–H and O–H groups in total. The summed E-state index contributed by atoms with van der Waals surface area (Å²) in [5, 5.41) is 19.7.